The molecule has 0 saturated carbocycles. The predicted octanol–water partition coefficient (Wildman–Crippen LogP) is 1.58. The van der Waals surface area contributed by atoms with Gasteiger partial charge in [0.1, 0.15) is 0 Å². The Morgan fingerprint density at radius 1 is 1.60 bits per heavy atom. The van der Waals surface area contributed by atoms with Crippen LogP contribution < -0.4 is 0 Å². The normalized spacial score (nSPS) is 9.93. The molecule has 0 atom stereocenters. The molecule has 4 heteroatoms. The first-order chi connectivity index (χ1) is 7.22. The van der Waals surface area contributed by atoms with Gasteiger partial charge in [-0.25, -0.2) is 4.79 Å². The summed E-state index contributed by atoms with van der Waals surface area (Å²) in [6.07, 6.45) is 3.08. The molecule has 0 unspecified atom stereocenters. The first kappa shape index (κ1) is 11.5. The Bertz CT molecular complexity index is 421. The highest BCUT2D eigenvalue weighted by Gasteiger charge is 1.94. The molecule has 0 radical (unpaired) electrons. The smallest absolute Gasteiger partial charge is 0.328 e. The largest absolute Gasteiger partial charge is 0.478 e. The van der Waals surface area contributed by atoms with Crippen LogP contribution in [0.1, 0.15) is 16.9 Å². The molecule has 3 nitrogen and oxygen atoms in total. The Kier molecular flexibility index (Phi) is 4.61. The van der Waals surface area contributed by atoms with Crippen LogP contribution in [0.3, 0.4) is 0 Å². The van der Waals surface area contributed by atoms with Crippen LogP contribution >= 0.6 is 11.3 Å². The van der Waals surface area contributed by atoms with Crippen LogP contribution in [0.5, 0.6) is 0 Å². The summed E-state index contributed by atoms with van der Waals surface area (Å²) in [5.74, 6) is 4.71. The van der Waals surface area contributed by atoms with Gasteiger partial charge in [0.25, 0.3) is 0 Å². The second-order valence-electron chi connectivity index (χ2n) is 2.68. The molecule has 15 heavy (non-hydrogen) atoms. The molecule has 0 aliphatic heterocycles. The summed E-state index contributed by atoms with van der Waals surface area (Å²) in [5.41, 5.74) is 0.846. The Hall–Kier alpha value is -1.57. The van der Waals surface area contributed by atoms with Crippen molar-refractivity contribution in [1.29, 1.82) is 0 Å². The topological polar surface area (TPSA) is 57.5 Å². The second-order valence-corrected chi connectivity index (χ2v) is 3.63. The Morgan fingerprint density at radius 2 is 2.40 bits per heavy atom. The SMILES string of the molecule is O=C(O)/C=C/c1cc(C#CCCO)cs1. The lowest BCUT2D eigenvalue weighted by atomic mass is 10.3. The van der Waals surface area contributed by atoms with Crippen molar-refractivity contribution in [2.24, 2.45) is 0 Å². The summed E-state index contributed by atoms with van der Waals surface area (Å²) in [5, 5.41) is 18.8. The van der Waals surface area contributed by atoms with Crippen LogP contribution in [-0.2, 0) is 4.79 Å². The van der Waals surface area contributed by atoms with Crippen molar-refractivity contribution in [2.45, 2.75) is 6.42 Å². The second kappa shape index (κ2) is 6.02. The fourth-order valence-corrected chi connectivity index (χ4v) is 1.61. The average Bonchev–Trinajstić information content (AvgIpc) is 2.63. The van der Waals surface area contributed by atoms with Gasteiger partial charge in [-0.2, -0.15) is 0 Å². The van der Waals surface area contributed by atoms with Crippen molar-refractivity contribution < 1.29 is 15.0 Å². The van der Waals surface area contributed by atoms with Gasteiger partial charge in [0.2, 0.25) is 0 Å². The summed E-state index contributed by atoms with van der Waals surface area (Å²) in [4.78, 5) is 11.1. The molecule has 1 heterocycles. The zero-order valence-electron chi connectivity index (χ0n) is 7.93. The van der Waals surface area contributed by atoms with E-state index in [0.29, 0.717) is 6.42 Å². The van der Waals surface area contributed by atoms with E-state index in [1.807, 2.05) is 11.4 Å². The van der Waals surface area contributed by atoms with Crippen molar-refractivity contribution in [2.75, 3.05) is 6.61 Å². The third kappa shape index (κ3) is 4.45. The maximum atomic E-state index is 10.3. The number of carbonyl (C=O) groups is 1. The summed E-state index contributed by atoms with van der Waals surface area (Å²) in [6.45, 7) is 0.0584. The van der Waals surface area contributed by atoms with E-state index < -0.39 is 5.97 Å². The highest BCUT2D eigenvalue weighted by atomic mass is 32.1. The number of rotatable bonds is 3. The van der Waals surface area contributed by atoms with Crippen LogP contribution in [0, 0.1) is 11.8 Å². The van der Waals surface area contributed by atoms with Crippen molar-refractivity contribution in [3.8, 4) is 11.8 Å². The van der Waals surface area contributed by atoms with E-state index in [0.717, 1.165) is 16.5 Å². The standard InChI is InChI=1S/C11H10O3S/c12-6-2-1-3-9-7-10(15-8-9)4-5-11(13)14/h4-5,7-8,12H,2,6H2,(H,13,14)/b5-4+. The fourth-order valence-electron chi connectivity index (χ4n) is 0.880. The van der Waals surface area contributed by atoms with Crippen molar-refractivity contribution in [3.05, 3.63) is 28.0 Å². The molecule has 0 spiro atoms. The van der Waals surface area contributed by atoms with Crippen LogP contribution in [-0.4, -0.2) is 22.8 Å². The quantitative estimate of drug-likeness (QED) is 0.603. The monoisotopic (exact) mass is 222 g/mol. The Labute approximate surface area is 91.7 Å². The zero-order chi connectivity index (χ0) is 11.1. The van der Waals surface area contributed by atoms with Crippen molar-refractivity contribution in [1.82, 2.24) is 0 Å². The molecule has 0 saturated heterocycles. The van der Waals surface area contributed by atoms with Crippen LogP contribution in [0.25, 0.3) is 6.08 Å². The lowest BCUT2D eigenvalue weighted by Crippen LogP contribution is -1.84. The molecule has 0 aliphatic rings. The number of hydrogen-bond acceptors (Lipinski definition) is 3. The number of aliphatic carboxylic acids is 1. The summed E-state index contributed by atoms with van der Waals surface area (Å²) < 4.78 is 0. The molecule has 1 aromatic rings. The molecule has 0 fully saturated rings. The van der Waals surface area contributed by atoms with Gasteiger partial charge < -0.3 is 10.2 Å². The molecule has 2 N–H and O–H groups in total. The molecule has 0 aliphatic carbocycles. The van der Waals surface area contributed by atoms with Gasteiger partial charge in [-0.1, -0.05) is 11.8 Å². The molecule has 0 amide bonds. The van der Waals surface area contributed by atoms with Gasteiger partial charge in [-0.3, -0.25) is 0 Å². The number of hydrogen-bond donors (Lipinski definition) is 2. The van der Waals surface area contributed by atoms with Crippen LogP contribution in [0.4, 0.5) is 0 Å². The molecular weight excluding hydrogens is 212 g/mol. The summed E-state index contributed by atoms with van der Waals surface area (Å²) >= 11 is 1.43. The molecule has 1 rings (SSSR count). The number of aliphatic hydroxyl groups excluding tert-OH is 1. The minimum absolute atomic E-state index is 0.0584. The molecular formula is C11H10O3S. The van der Waals surface area contributed by atoms with Gasteiger partial charge in [-0.15, -0.1) is 11.3 Å². The van der Waals surface area contributed by atoms with Gasteiger partial charge >= 0.3 is 5.97 Å². The first-order valence-corrected chi connectivity index (χ1v) is 5.19. The average molecular weight is 222 g/mol. The van der Waals surface area contributed by atoms with Gasteiger partial charge in [0.15, 0.2) is 0 Å². The van der Waals surface area contributed by atoms with Crippen LogP contribution in [0.2, 0.25) is 0 Å². The van der Waals surface area contributed by atoms with E-state index in [1.54, 1.807) is 0 Å². The van der Waals surface area contributed by atoms with E-state index >= 15 is 0 Å². The van der Waals surface area contributed by atoms with E-state index in [2.05, 4.69) is 11.8 Å². The van der Waals surface area contributed by atoms with Crippen molar-refractivity contribution in [3.63, 3.8) is 0 Å². The summed E-state index contributed by atoms with van der Waals surface area (Å²) in [6, 6.07) is 1.81. The predicted molar refractivity (Wildman–Crippen MR) is 59.6 cm³/mol. The van der Waals surface area contributed by atoms with E-state index in [4.69, 9.17) is 10.2 Å². The molecule has 0 bridgehead atoms. The number of aliphatic hydroxyl groups is 1. The summed E-state index contributed by atoms with van der Waals surface area (Å²) in [7, 11) is 0. The van der Waals surface area contributed by atoms with Crippen LogP contribution in [0.15, 0.2) is 17.5 Å². The fraction of sp³-hybridized carbons (Fsp3) is 0.182. The van der Waals surface area contributed by atoms with Gasteiger partial charge in [-0.05, 0) is 12.1 Å². The lowest BCUT2D eigenvalue weighted by Gasteiger charge is -1.80. The minimum Gasteiger partial charge on any atom is -0.478 e. The number of carboxylic acid groups (broad SMARTS) is 1. The van der Waals surface area contributed by atoms with Crippen molar-refractivity contribution >= 4 is 23.4 Å². The number of carboxylic acids is 1. The third-order valence-corrected chi connectivity index (χ3v) is 2.38. The maximum absolute atomic E-state index is 10.3. The van der Waals surface area contributed by atoms with Gasteiger partial charge in [0.05, 0.1) is 6.61 Å². The van der Waals surface area contributed by atoms with E-state index in [9.17, 15) is 4.79 Å². The highest BCUT2D eigenvalue weighted by Crippen LogP contribution is 2.15. The first-order valence-electron chi connectivity index (χ1n) is 4.31. The Morgan fingerprint density at radius 3 is 3.07 bits per heavy atom. The van der Waals surface area contributed by atoms with Gasteiger partial charge in [0, 0.05) is 28.3 Å². The van der Waals surface area contributed by atoms with E-state index in [-0.39, 0.29) is 6.61 Å². The zero-order valence-corrected chi connectivity index (χ0v) is 8.75. The molecule has 0 aromatic carbocycles. The number of thiophene rings is 1. The maximum Gasteiger partial charge on any atom is 0.328 e. The Balaban J connectivity index is 2.65. The lowest BCUT2D eigenvalue weighted by molar-refractivity contribution is -0.131. The third-order valence-electron chi connectivity index (χ3n) is 1.48. The van der Waals surface area contributed by atoms with E-state index in [1.165, 1.54) is 17.4 Å². The molecule has 1 aromatic heterocycles. The molecule has 78 valence electrons. The highest BCUT2D eigenvalue weighted by molar-refractivity contribution is 7.11. The minimum atomic E-state index is -0.962.